The first kappa shape index (κ1) is 15.6. The van der Waals surface area contributed by atoms with Crippen molar-refractivity contribution >= 4 is 17.5 Å². The lowest BCUT2D eigenvalue weighted by atomic mass is 10.0. The smallest absolute Gasteiger partial charge is 0.173 e. The molecule has 1 heterocycles. The molecule has 23 heavy (non-hydrogen) atoms. The molecular weight excluding hydrogens is 304 g/mol. The van der Waals surface area contributed by atoms with E-state index in [2.05, 4.69) is 4.98 Å². The number of nitrogens with zero attached hydrogens (tertiary/aromatic N) is 2. The van der Waals surface area contributed by atoms with Crippen molar-refractivity contribution in [2.45, 2.75) is 19.0 Å². The fraction of sp³-hybridized carbons (Fsp3) is 0.158. The van der Waals surface area contributed by atoms with Gasteiger partial charge in [0.05, 0.1) is 5.75 Å². The predicted octanol–water partition coefficient (Wildman–Crippen LogP) is 4.46. The Morgan fingerprint density at radius 2 is 1.91 bits per heavy atom. The van der Waals surface area contributed by atoms with E-state index >= 15 is 0 Å². The molecule has 0 aliphatic heterocycles. The van der Waals surface area contributed by atoms with Crippen molar-refractivity contribution < 1.29 is 4.79 Å². The highest BCUT2D eigenvalue weighted by Crippen LogP contribution is 2.22. The number of carbonyl (C=O) groups is 1. The highest BCUT2D eigenvalue weighted by molar-refractivity contribution is 7.99. The Labute approximate surface area is 140 Å². The van der Waals surface area contributed by atoms with Gasteiger partial charge in [-0.15, -0.1) is 0 Å². The van der Waals surface area contributed by atoms with Crippen LogP contribution in [0.2, 0.25) is 0 Å². The number of thioether (sulfide) groups is 1. The molecule has 3 nitrogen and oxygen atoms in total. The number of aromatic nitrogens is 2. The Hall–Kier alpha value is -2.33. The Balaban J connectivity index is 1.76. The molecule has 116 valence electrons. The normalized spacial score (nSPS) is 10.7. The predicted molar refractivity (Wildman–Crippen MR) is 94.5 cm³/mol. The van der Waals surface area contributed by atoms with E-state index in [0.29, 0.717) is 5.75 Å². The number of para-hydroxylation sites is 1. The lowest BCUT2D eigenvalue weighted by molar-refractivity contribution is 0.102. The molecule has 3 rings (SSSR count). The van der Waals surface area contributed by atoms with E-state index in [0.717, 1.165) is 27.5 Å². The molecule has 4 heteroatoms. The molecule has 3 aromatic rings. The first-order chi connectivity index (χ1) is 11.1. The third-order valence-corrected chi connectivity index (χ3v) is 4.63. The lowest BCUT2D eigenvalue weighted by Crippen LogP contribution is -2.06. The maximum atomic E-state index is 12.5. The molecule has 0 amide bonds. The fourth-order valence-corrected chi connectivity index (χ4v) is 3.28. The minimum Gasteiger partial charge on any atom is -0.295 e. The van der Waals surface area contributed by atoms with Crippen molar-refractivity contribution in [3.05, 3.63) is 77.6 Å². The molecular formula is C19H18N2OS. The average Bonchev–Trinajstić information content (AvgIpc) is 3.04. The van der Waals surface area contributed by atoms with Crippen molar-refractivity contribution in [1.82, 2.24) is 9.55 Å². The van der Waals surface area contributed by atoms with E-state index in [1.54, 1.807) is 6.20 Å². The van der Waals surface area contributed by atoms with Gasteiger partial charge < -0.3 is 0 Å². The van der Waals surface area contributed by atoms with Crippen LogP contribution in [0.25, 0.3) is 5.69 Å². The molecule has 0 saturated heterocycles. The van der Waals surface area contributed by atoms with Crippen LogP contribution in [0.4, 0.5) is 0 Å². The minimum atomic E-state index is 0.138. The number of aryl methyl sites for hydroxylation is 2. The molecule has 0 radical (unpaired) electrons. The first-order valence-electron chi connectivity index (χ1n) is 7.47. The van der Waals surface area contributed by atoms with Gasteiger partial charge in [0.1, 0.15) is 0 Å². The molecule has 0 atom stereocenters. The van der Waals surface area contributed by atoms with Gasteiger partial charge in [-0.2, -0.15) is 0 Å². The SMILES string of the molecule is Cc1ccc(C)c(C(=O)CSc2nccn2-c2ccccc2)c1. The molecule has 0 unspecified atom stereocenters. The van der Waals surface area contributed by atoms with Crippen LogP contribution in [0.5, 0.6) is 0 Å². The van der Waals surface area contributed by atoms with Crippen LogP contribution in [-0.2, 0) is 0 Å². The van der Waals surface area contributed by atoms with Gasteiger partial charge in [-0.05, 0) is 37.6 Å². The molecule has 2 aromatic carbocycles. The maximum absolute atomic E-state index is 12.5. The number of hydrogen-bond donors (Lipinski definition) is 0. The fourth-order valence-electron chi connectivity index (χ4n) is 2.43. The van der Waals surface area contributed by atoms with Gasteiger partial charge in [-0.1, -0.05) is 47.7 Å². The minimum absolute atomic E-state index is 0.138. The second-order valence-electron chi connectivity index (χ2n) is 5.45. The Bertz CT molecular complexity index is 824. The molecule has 0 spiro atoms. The van der Waals surface area contributed by atoms with E-state index in [4.69, 9.17) is 0 Å². The van der Waals surface area contributed by atoms with E-state index in [-0.39, 0.29) is 5.78 Å². The molecule has 0 bridgehead atoms. The molecule has 0 saturated carbocycles. The second kappa shape index (κ2) is 6.84. The number of hydrogen-bond acceptors (Lipinski definition) is 3. The van der Waals surface area contributed by atoms with E-state index in [1.165, 1.54) is 11.8 Å². The third-order valence-electron chi connectivity index (χ3n) is 3.67. The number of benzene rings is 2. The van der Waals surface area contributed by atoms with Crippen molar-refractivity contribution in [2.24, 2.45) is 0 Å². The van der Waals surface area contributed by atoms with Gasteiger partial charge in [0.15, 0.2) is 10.9 Å². The number of Topliss-reactive ketones (excluding diaryl/α,β-unsaturated/α-hetero) is 1. The van der Waals surface area contributed by atoms with E-state index < -0.39 is 0 Å². The monoisotopic (exact) mass is 322 g/mol. The first-order valence-corrected chi connectivity index (χ1v) is 8.46. The van der Waals surface area contributed by atoms with Crippen LogP contribution >= 0.6 is 11.8 Å². The molecule has 1 aromatic heterocycles. The van der Waals surface area contributed by atoms with Crippen LogP contribution in [-0.4, -0.2) is 21.1 Å². The van der Waals surface area contributed by atoms with Crippen molar-refractivity contribution in [3.8, 4) is 5.69 Å². The summed E-state index contributed by atoms with van der Waals surface area (Å²) in [6.45, 7) is 3.98. The van der Waals surface area contributed by atoms with Crippen LogP contribution in [0.3, 0.4) is 0 Å². The van der Waals surface area contributed by atoms with Gasteiger partial charge in [0, 0.05) is 23.6 Å². The summed E-state index contributed by atoms with van der Waals surface area (Å²) in [5.41, 5.74) is 3.98. The summed E-state index contributed by atoms with van der Waals surface area (Å²) in [4.78, 5) is 16.9. The van der Waals surface area contributed by atoms with Crippen molar-refractivity contribution in [3.63, 3.8) is 0 Å². The van der Waals surface area contributed by atoms with Crippen molar-refractivity contribution in [1.29, 1.82) is 0 Å². The van der Waals surface area contributed by atoms with Crippen LogP contribution in [0.15, 0.2) is 66.1 Å². The zero-order chi connectivity index (χ0) is 16.2. The quantitative estimate of drug-likeness (QED) is 0.514. The molecule has 0 aliphatic carbocycles. The number of imidazole rings is 1. The van der Waals surface area contributed by atoms with E-state index in [1.807, 2.05) is 73.1 Å². The highest BCUT2D eigenvalue weighted by atomic mass is 32.2. The summed E-state index contributed by atoms with van der Waals surface area (Å²) in [5.74, 6) is 0.521. The lowest BCUT2D eigenvalue weighted by Gasteiger charge is -2.08. The Morgan fingerprint density at radius 3 is 2.70 bits per heavy atom. The summed E-state index contributed by atoms with van der Waals surface area (Å²) in [6, 6.07) is 16.0. The molecule has 0 fully saturated rings. The number of carbonyl (C=O) groups excluding carboxylic acids is 1. The average molecular weight is 322 g/mol. The number of ketones is 1. The standard InChI is InChI=1S/C19H18N2OS/c1-14-8-9-15(2)17(12-14)18(22)13-23-19-20-10-11-21(19)16-6-4-3-5-7-16/h3-12H,13H2,1-2H3. The van der Waals surface area contributed by atoms with Gasteiger partial charge in [0.2, 0.25) is 0 Å². The maximum Gasteiger partial charge on any atom is 0.173 e. The Kier molecular flexibility index (Phi) is 4.63. The largest absolute Gasteiger partial charge is 0.295 e. The number of rotatable bonds is 5. The van der Waals surface area contributed by atoms with Crippen molar-refractivity contribution in [2.75, 3.05) is 5.75 Å². The van der Waals surface area contributed by atoms with Gasteiger partial charge in [-0.3, -0.25) is 9.36 Å². The second-order valence-corrected chi connectivity index (χ2v) is 6.39. The summed E-state index contributed by atoms with van der Waals surface area (Å²) in [6.07, 6.45) is 3.68. The third kappa shape index (κ3) is 3.54. The summed E-state index contributed by atoms with van der Waals surface area (Å²) < 4.78 is 2.00. The van der Waals surface area contributed by atoms with E-state index in [9.17, 15) is 4.79 Å². The molecule has 0 N–H and O–H groups in total. The summed E-state index contributed by atoms with van der Waals surface area (Å²) in [5, 5.41) is 0.829. The topological polar surface area (TPSA) is 34.9 Å². The van der Waals surface area contributed by atoms with Crippen LogP contribution in [0.1, 0.15) is 21.5 Å². The summed E-state index contributed by atoms with van der Waals surface area (Å²) in [7, 11) is 0. The molecule has 0 aliphatic rings. The van der Waals surface area contributed by atoms with Crippen LogP contribution < -0.4 is 0 Å². The zero-order valence-electron chi connectivity index (χ0n) is 13.2. The zero-order valence-corrected chi connectivity index (χ0v) is 14.0. The van der Waals surface area contributed by atoms with Crippen LogP contribution in [0, 0.1) is 13.8 Å². The Morgan fingerprint density at radius 1 is 1.13 bits per heavy atom. The summed E-state index contributed by atoms with van der Waals surface area (Å²) >= 11 is 1.47. The van der Waals surface area contributed by atoms with Gasteiger partial charge >= 0.3 is 0 Å². The highest BCUT2D eigenvalue weighted by Gasteiger charge is 2.12. The van der Waals surface area contributed by atoms with Gasteiger partial charge in [0.25, 0.3) is 0 Å². The van der Waals surface area contributed by atoms with Gasteiger partial charge in [-0.25, -0.2) is 4.98 Å².